The Hall–Kier alpha value is -0.210. The maximum absolute atomic E-state index is 5.39. The number of unbranched alkanes of at least 4 members (excludes halogenated alkanes) is 3. The first-order valence-corrected chi connectivity index (χ1v) is 5.63. The van der Waals surface area contributed by atoms with Crippen molar-refractivity contribution in [2.45, 2.75) is 32.6 Å². The predicted octanol–water partition coefficient (Wildman–Crippen LogP) is -0.193. The van der Waals surface area contributed by atoms with Crippen LogP contribution in [0.25, 0.3) is 0 Å². The molecule has 0 radical (unpaired) electrons. The predicted molar refractivity (Wildman–Crippen MR) is 62.1 cm³/mol. The number of nitrogens with zero attached hydrogens (tertiary/aromatic N) is 1. The molecule has 0 unspecified atom stereocenters. The minimum absolute atomic E-state index is 0. The van der Waals surface area contributed by atoms with Crippen molar-refractivity contribution in [3.05, 3.63) is 12.3 Å². The van der Waals surface area contributed by atoms with Gasteiger partial charge in [-0.2, -0.15) is 0 Å². The summed E-state index contributed by atoms with van der Waals surface area (Å²) < 4.78 is 6.34. The smallest absolute Gasteiger partial charge is 0.1000 e. The fourth-order valence-corrected chi connectivity index (χ4v) is 1.11. The first kappa shape index (κ1) is 17.2. The standard InChI is InChI=1S/C12H26NO.ClH/c1-5-6-7-8-11-14-12-9-10-13(2,3)4;/h9,12H,5-8,10-11H2,1-4H3;1H/q+1;/p-1. The molecule has 0 rings (SSSR count). The number of hydrogen-bond donors (Lipinski definition) is 0. The topological polar surface area (TPSA) is 9.23 Å². The first-order valence-electron chi connectivity index (χ1n) is 5.63. The highest BCUT2D eigenvalue weighted by molar-refractivity contribution is 4.72. The Balaban J connectivity index is 0. The molecule has 3 heteroatoms. The van der Waals surface area contributed by atoms with Gasteiger partial charge in [0.2, 0.25) is 0 Å². The van der Waals surface area contributed by atoms with Gasteiger partial charge in [-0.1, -0.05) is 26.2 Å². The Bertz CT molecular complexity index is 152. The van der Waals surface area contributed by atoms with E-state index in [4.69, 9.17) is 4.74 Å². The minimum atomic E-state index is 0. The molecule has 0 saturated heterocycles. The second-order valence-corrected chi connectivity index (χ2v) is 4.78. The van der Waals surface area contributed by atoms with Gasteiger partial charge >= 0.3 is 0 Å². The van der Waals surface area contributed by atoms with Gasteiger partial charge in [0.1, 0.15) is 0 Å². The molecule has 15 heavy (non-hydrogen) atoms. The second kappa shape index (κ2) is 10.3. The number of likely N-dealkylation sites (N-methyl/N-ethyl adjacent to an activating group) is 1. The van der Waals surface area contributed by atoms with E-state index in [9.17, 15) is 0 Å². The van der Waals surface area contributed by atoms with Gasteiger partial charge in [0.25, 0.3) is 0 Å². The number of hydrogen-bond acceptors (Lipinski definition) is 1. The quantitative estimate of drug-likeness (QED) is 0.322. The summed E-state index contributed by atoms with van der Waals surface area (Å²) in [5.41, 5.74) is 0. The molecule has 0 aliphatic rings. The largest absolute Gasteiger partial charge is 1.00 e. The molecule has 0 saturated carbocycles. The van der Waals surface area contributed by atoms with Crippen LogP contribution in [0.2, 0.25) is 0 Å². The Kier molecular flexibility index (Phi) is 11.8. The molecule has 0 aromatic rings. The third-order valence-electron chi connectivity index (χ3n) is 1.96. The molecule has 0 amide bonds. The van der Waals surface area contributed by atoms with Gasteiger partial charge in [-0.15, -0.1) is 0 Å². The van der Waals surface area contributed by atoms with Crippen molar-refractivity contribution in [3.8, 4) is 0 Å². The van der Waals surface area contributed by atoms with E-state index in [-0.39, 0.29) is 12.4 Å². The van der Waals surface area contributed by atoms with Crippen LogP contribution in [0.15, 0.2) is 12.3 Å². The summed E-state index contributed by atoms with van der Waals surface area (Å²) in [6.07, 6.45) is 9.03. The number of halogens is 1. The average molecular weight is 236 g/mol. The fourth-order valence-electron chi connectivity index (χ4n) is 1.11. The van der Waals surface area contributed by atoms with E-state index in [1.807, 2.05) is 6.26 Å². The summed E-state index contributed by atoms with van der Waals surface area (Å²) in [6, 6.07) is 0. The normalized spacial score (nSPS) is 11.5. The highest BCUT2D eigenvalue weighted by Crippen LogP contribution is 1.99. The molecule has 0 N–H and O–H groups in total. The summed E-state index contributed by atoms with van der Waals surface area (Å²) in [7, 11) is 6.52. The maximum Gasteiger partial charge on any atom is 0.1000 e. The minimum Gasteiger partial charge on any atom is -1.00 e. The van der Waals surface area contributed by atoms with Crippen molar-refractivity contribution < 1.29 is 21.6 Å². The SMILES string of the molecule is CCCCCCOC=CC[N+](C)(C)C.[Cl-]. The van der Waals surface area contributed by atoms with E-state index in [0.717, 1.165) is 17.6 Å². The highest BCUT2D eigenvalue weighted by atomic mass is 35.5. The second-order valence-electron chi connectivity index (χ2n) is 4.78. The van der Waals surface area contributed by atoms with Gasteiger partial charge in [0.05, 0.1) is 40.6 Å². The van der Waals surface area contributed by atoms with E-state index in [1.54, 1.807) is 0 Å². The Morgan fingerprint density at radius 1 is 1.07 bits per heavy atom. The average Bonchev–Trinajstić information content (AvgIpc) is 2.08. The van der Waals surface area contributed by atoms with Gasteiger partial charge in [-0.05, 0) is 6.42 Å². The number of quaternary nitrogens is 1. The molecule has 92 valence electrons. The van der Waals surface area contributed by atoms with Crippen molar-refractivity contribution >= 4 is 0 Å². The Labute approximate surface area is 101 Å². The zero-order valence-corrected chi connectivity index (χ0v) is 11.4. The molecule has 0 bridgehead atoms. The van der Waals surface area contributed by atoms with Crippen LogP contribution in [0.5, 0.6) is 0 Å². The van der Waals surface area contributed by atoms with Crippen LogP contribution in [-0.2, 0) is 4.74 Å². The Morgan fingerprint density at radius 2 is 1.73 bits per heavy atom. The summed E-state index contributed by atoms with van der Waals surface area (Å²) >= 11 is 0. The van der Waals surface area contributed by atoms with E-state index in [0.29, 0.717) is 0 Å². The molecule has 0 aliphatic heterocycles. The molecule has 0 atom stereocenters. The fraction of sp³-hybridized carbons (Fsp3) is 0.833. The van der Waals surface area contributed by atoms with Crippen molar-refractivity contribution in [2.75, 3.05) is 34.3 Å². The molecule has 0 fully saturated rings. The number of rotatable bonds is 8. The third-order valence-corrected chi connectivity index (χ3v) is 1.96. The van der Waals surface area contributed by atoms with E-state index in [2.05, 4.69) is 34.1 Å². The molecule has 0 aromatic carbocycles. The molecule has 0 heterocycles. The van der Waals surface area contributed by atoms with Crippen molar-refractivity contribution in [3.63, 3.8) is 0 Å². The molecular formula is C12H26ClNO. The van der Waals surface area contributed by atoms with Crippen LogP contribution >= 0.6 is 0 Å². The van der Waals surface area contributed by atoms with E-state index >= 15 is 0 Å². The summed E-state index contributed by atoms with van der Waals surface area (Å²) in [5, 5.41) is 0. The molecule has 0 aliphatic carbocycles. The van der Waals surface area contributed by atoms with Gasteiger partial charge in [0, 0.05) is 6.08 Å². The monoisotopic (exact) mass is 235 g/mol. The highest BCUT2D eigenvalue weighted by Gasteiger charge is 2.01. The number of ether oxygens (including phenoxy) is 1. The van der Waals surface area contributed by atoms with Crippen LogP contribution in [0.4, 0.5) is 0 Å². The van der Waals surface area contributed by atoms with Crippen molar-refractivity contribution in [2.24, 2.45) is 0 Å². The van der Waals surface area contributed by atoms with Crippen molar-refractivity contribution in [1.82, 2.24) is 0 Å². The maximum atomic E-state index is 5.39. The lowest BCUT2D eigenvalue weighted by atomic mass is 10.2. The van der Waals surface area contributed by atoms with E-state index in [1.165, 1.54) is 25.7 Å². The third kappa shape index (κ3) is 16.5. The van der Waals surface area contributed by atoms with E-state index < -0.39 is 0 Å². The summed E-state index contributed by atoms with van der Waals surface area (Å²) in [6.45, 7) is 4.12. The van der Waals surface area contributed by atoms with Crippen LogP contribution in [-0.4, -0.2) is 38.8 Å². The lowest BCUT2D eigenvalue weighted by Crippen LogP contribution is -3.00. The molecule has 2 nitrogen and oxygen atoms in total. The van der Waals surface area contributed by atoms with Gasteiger partial charge in [0.15, 0.2) is 0 Å². The summed E-state index contributed by atoms with van der Waals surface area (Å²) in [5.74, 6) is 0. The van der Waals surface area contributed by atoms with Gasteiger partial charge in [-0.25, -0.2) is 0 Å². The molecule has 0 spiro atoms. The van der Waals surface area contributed by atoms with Crippen LogP contribution in [0, 0.1) is 0 Å². The molecule has 0 aromatic heterocycles. The lowest BCUT2D eigenvalue weighted by molar-refractivity contribution is -0.864. The van der Waals surface area contributed by atoms with Crippen molar-refractivity contribution in [1.29, 1.82) is 0 Å². The van der Waals surface area contributed by atoms with Crippen LogP contribution in [0.3, 0.4) is 0 Å². The zero-order chi connectivity index (χ0) is 10.9. The zero-order valence-electron chi connectivity index (χ0n) is 10.6. The molecular weight excluding hydrogens is 210 g/mol. The van der Waals surface area contributed by atoms with Gasteiger partial charge < -0.3 is 21.6 Å². The lowest BCUT2D eigenvalue weighted by Gasteiger charge is -2.21. The van der Waals surface area contributed by atoms with Crippen LogP contribution < -0.4 is 12.4 Å². The Morgan fingerprint density at radius 3 is 2.27 bits per heavy atom. The van der Waals surface area contributed by atoms with Gasteiger partial charge in [-0.3, -0.25) is 0 Å². The summed E-state index contributed by atoms with van der Waals surface area (Å²) in [4.78, 5) is 0. The van der Waals surface area contributed by atoms with Crippen LogP contribution in [0.1, 0.15) is 32.6 Å². The first-order chi connectivity index (χ1) is 6.56.